The maximum Gasteiger partial charge on any atom is 0.220 e. The van der Waals surface area contributed by atoms with E-state index in [0.717, 1.165) is 17.7 Å². The fraction of sp³-hybridized carbons (Fsp3) is 0.438. The summed E-state index contributed by atoms with van der Waals surface area (Å²) in [6.45, 7) is 3.38. The molecule has 22 heavy (non-hydrogen) atoms. The molecule has 0 unspecified atom stereocenters. The Morgan fingerprint density at radius 3 is 2.95 bits per heavy atom. The van der Waals surface area contributed by atoms with Crippen molar-refractivity contribution < 1.29 is 9.53 Å². The Morgan fingerprint density at radius 2 is 2.23 bits per heavy atom. The van der Waals surface area contributed by atoms with Crippen LogP contribution in [0.15, 0.2) is 36.9 Å². The van der Waals surface area contributed by atoms with Gasteiger partial charge >= 0.3 is 0 Å². The van der Waals surface area contributed by atoms with Crippen LogP contribution in [-0.4, -0.2) is 34.3 Å². The van der Waals surface area contributed by atoms with Gasteiger partial charge in [0, 0.05) is 25.4 Å². The Morgan fingerprint density at radius 1 is 1.41 bits per heavy atom. The third-order valence-electron chi connectivity index (χ3n) is 3.53. The molecular weight excluding hydrogens is 280 g/mol. The number of ether oxygens (including phenoxy) is 1. The van der Waals surface area contributed by atoms with Crippen molar-refractivity contribution in [3.63, 3.8) is 0 Å². The Balaban J connectivity index is 1.73. The smallest absolute Gasteiger partial charge is 0.220 e. The molecule has 0 radical (unpaired) electrons. The van der Waals surface area contributed by atoms with Gasteiger partial charge in [0.2, 0.25) is 5.91 Å². The lowest BCUT2D eigenvalue weighted by atomic mass is 10.00. The van der Waals surface area contributed by atoms with Crippen LogP contribution in [0, 0.1) is 0 Å². The molecule has 0 saturated heterocycles. The van der Waals surface area contributed by atoms with E-state index in [1.165, 1.54) is 6.33 Å². The molecule has 1 aromatic heterocycles. The van der Waals surface area contributed by atoms with Gasteiger partial charge in [0.15, 0.2) is 0 Å². The van der Waals surface area contributed by atoms with Gasteiger partial charge in [0.25, 0.3) is 0 Å². The zero-order chi connectivity index (χ0) is 15.8. The number of rotatable bonds is 8. The van der Waals surface area contributed by atoms with Gasteiger partial charge in [0.1, 0.15) is 18.4 Å². The third-order valence-corrected chi connectivity index (χ3v) is 3.53. The van der Waals surface area contributed by atoms with E-state index < -0.39 is 0 Å². The van der Waals surface area contributed by atoms with Gasteiger partial charge in [-0.2, -0.15) is 5.10 Å². The number of amides is 1. The highest BCUT2D eigenvalue weighted by Gasteiger charge is 2.12. The lowest BCUT2D eigenvalue weighted by Crippen LogP contribution is -2.27. The fourth-order valence-electron chi connectivity index (χ4n) is 2.29. The van der Waals surface area contributed by atoms with Crippen LogP contribution >= 0.6 is 0 Å². The number of carbonyl (C=O) groups excluding carboxylic acids is 1. The van der Waals surface area contributed by atoms with E-state index in [-0.39, 0.29) is 11.8 Å². The molecule has 1 heterocycles. The molecule has 6 heteroatoms. The average Bonchev–Trinajstić information content (AvgIpc) is 3.06. The Labute approximate surface area is 130 Å². The summed E-state index contributed by atoms with van der Waals surface area (Å²) in [6, 6.07) is 7.89. The minimum Gasteiger partial charge on any atom is -0.496 e. The summed E-state index contributed by atoms with van der Waals surface area (Å²) in [5.41, 5.74) is 1.10. The quantitative estimate of drug-likeness (QED) is 0.809. The standard InChI is InChI=1S/C16H22N4O2/c1-13(14-6-3-4-7-15(14)22-2)10-18-16(21)8-5-9-20-12-17-11-19-20/h3-4,6-7,11-13H,5,8-10H2,1-2H3,(H,18,21)/t13-/m0/s1. The monoisotopic (exact) mass is 302 g/mol. The second-order valence-corrected chi connectivity index (χ2v) is 5.21. The van der Waals surface area contributed by atoms with Crippen molar-refractivity contribution in [3.05, 3.63) is 42.5 Å². The van der Waals surface area contributed by atoms with Gasteiger partial charge < -0.3 is 10.1 Å². The lowest BCUT2D eigenvalue weighted by molar-refractivity contribution is -0.121. The Kier molecular flexibility index (Phi) is 5.94. The van der Waals surface area contributed by atoms with Gasteiger partial charge in [-0.05, 0) is 18.1 Å². The second-order valence-electron chi connectivity index (χ2n) is 5.21. The summed E-state index contributed by atoms with van der Waals surface area (Å²) in [4.78, 5) is 15.7. The van der Waals surface area contributed by atoms with Crippen LogP contribution in [0.2, 0.25) is 0 Å². The van der Waals surface area contributed by atoms with Crippen molar-refractivity contribution in [2.24, 2.45) is 0 Å². The molecule has 1 atom stereocenters. The number of hydrogen-bond donors (Lipinski definition) is 1. The molecule has 1 N–H and O–H groups in total. The summed E-state index contributed by atoms with van der Waals surface area (Å²) >= 11 is 0. The molecule has 2 rings (SSSR count). The van der Waals surface area contributed by atoms with Crippen LogP contribution in [0.3, 0.4) is 0 Å². The normalized spacial score (nSPS) is 11.9. The average molecular weight is 302 g/mol. The fourth-order valence-corrected chi connectivity index (χ4v) is 2.29. The molecular formula is C16H22N4O2. The summed E-state index contributed by atoms with van der Waals surface area (Å²) in [6.07, 6.45) is 4.38. The van der Waals surface area contributed by atoms with E-state index in [1.807, 2.05) is 24.3 Å². The first-order valence-corrected chi connectivity index (χ1v) is 7.42. The predicted molar refractivity (Wildman–Crippen MR) is 83.7 cm³/mol. The second kappa shape index (κ2) is 8.17. The highest BCUT2D eigenvalue weighted by atomic mass is 16.5. The number of para-hydroxylation sites is 1. The minimum atomic E-state index is 0.0573. The van der Waals surface area contributed by atoms with Crippen molar-refractivity contribution in [3.8, 4) is 5.75 Å². The highest BCUT2D eigenvalue weighted by molar-refractivity contribution is 5.75. The van der Waals surface area contributed by atoms with Crippen LogP contribution in [0.1, 0.15) is 31.2 Å². The summed E-state index contributed by atoms with van der Waals surface area (Å²) in [5, 5.41) is 6.98. The number of aromatic nitrogens is 3. The lowest BCUT2D eigenvalue weighted by Gasteiger charge is -2.16. The molecule has 118 valence electrons. The van der Waals surface area contributed by atoms with Gasteiger partial charge in [-0.15, -0.1) is 0 Å². The molecule has 0 saturated carbocycles. The van der Waals surface area contributed by atoms with E-state index in [1.54, 1.807) is 18.1 Å². The SMILES string of the molecule is COc1ccccc1[C@@H](C)CNC(=O)CCCn1cncn1. The summed E-state index contributed by atoms with van der Waals surface area (Å²) < 4.78 is 7.08. The van der Waals surface area contributed by atoms with Crippen LogP contribution in [0.4, 0.5) is 0 Å². The van der Waals surface area contributed by atoms with Gasteiger partial charge in [-0.3, -0.25) is 9.48 Å². The number of benzene rings is 1. The number of nitrogens with zero attached hydrogens (tertiary/aromatic N) is 3. The first-order chi connectivity index (χ1) is 10.7. The summed E-state index contributed by atoms with van der Waals surface area (Å²) in [7, 11) is 1.66. The minimum absolute atomic E-state index is 0.0573. The number of carbonyl (C=O) groups is 1. The third kappa shape index (κ3) is 4.58. The molecule has 0 bridgehead atoms. The molecule has 0 spiro atoms. The zero-order valence-electron chi connectivity index (χ0n) is 13.0. The number of aryl methyl sites for hydroxylation is 1. The van der Waals surface area contributed by atoms with E-state index in [9.17, 15) is 4.79 Å². The highest BCUT2D eigenvalue weighted by Crippen LogP contribution is 2.25. The van der Waals surface area contributed by atoms with Crippen molar-refractivity contribution >= 4 is 5.91 Å². The van der Waals surface area contributed by atoms with Crippen LogP contribution in [0.25, 0.3) is 0 Å². The Hall–Kier alpha value is -2.37. The molecule has 0 aliphatic heterocycles. The van der Waals surface area contributed by atoms with Crippen LogP contribution in [0.5, 0.6) is 5.75 Å². The number of methoxy groups -OCH3 is 1. The van der Waals surface area contributed by atoms with E-state index in [2.05, 4.69) is 22.3 Å². The largest absolute Gasteiger partial charge is 0.496 e. The van der Waals surface area contributed by atoms with E-state index in [4.69, 9.17) is 4.74 Å². The zero-order valence-corrected chi connectivity index (χ0v) is 13.0. The van der Waals surface area contributed by atoms with Gasteiger partial charge in [0.05, 0.1) is 7.11 Å². The van der Waals surface area contributed by atoms with Crippen molar-refractivity contribution in [2.45, 2.75) is 32.2 Å². The van der Waals surface area contributed by atoms with Crippen molar-refractivity contribution in [1.29, 1.82) is 0 Å². The molecule has 2 aromatic rings. The molecule has 1 aromatic carbocycles. The first-order valence-electron chi connectivity index (χ1n) is 7.42. The summed E-state index contributed by atoms with van der Waals surface area (Å²) in [5.74, 6) is 1.12. The molecule has 1 amide bonds. The molecule has 6 nitrogen and oxygen atoms in total. The molecule has 0 fully saturated rings. The first kappa shape index (κ1) is 16.0. The van der Waals surface area contributed by atoms with Gasteiger partial charge in [-0.25, -0.2) is 4.98 Å². The predicted octanol–water partition coefficient (Wildman–Crippen LogP) is 1.99. The van der Waals surface area contributed by atoms with Crippen LogP contribution in [-0.2, 0) is 11.3 Å². The molecule has 0 aliphatic rings. The number of nitrogens with one attached hydrogen (secondary N) is 1. The topological polar surface area (TPSA) is 69.0 Å². The maximum absolute atomic E-state index is 11.9. The molecule has 0 aliphatic carbocycles. The van der Waals surface area contributed by atoms with Crippen LogP contribution < -0.4 is 10.1 Å². The van der Waals surface area contributed by atoms with E-state index >= 15 is 0 Å². The maximum atomic E-state index is 11.9. The van der Waals surface area contributed by atoms with Crippen molar-refractivity contribution in [1.82, 2.24) is 20.1 Å². The van der Waals surface area contributed by atoms with Crippen molar-refractivity contribution in [2.75, 3.05) is 13.7 Å². The number of hydrogen-bond acceptors (Lipinski definition) is 4. The van der Waals surface area contributed by atoms with E-state index in [0.29, 0.717) is 19.5 Å². The van der Waals surface area contributed by atoms with Gasteiger partial charge in [-0.1, -0.05) is 25.1 Å². The Bertz CT molecular complexity index is 584.